The van der Waals surface area contributed by atoms with Gasteiger partial charge in [0.25, 0.3) is 5.91 Å². The number of benzene rings is 2. The molecule has 2 aromatic carbocycles. The molecule has 0 bridgehead atoms. The van der Waals surface area contributed by atoms with Crippen LogP contribution in [0, 0.1) is 0 Å². The van der Waals surface area contributed by atoms with Gasteiger partial charge in [-0.05, 0) is 42.3 Å². The number of rotatable bonds is 7. The topological polar surface area (TPSA) is 58.2 Å². The van der Waals surface area contributed by atoms with Crippen molar-refractivity contribution in [1.82, 2.24) is 10.6 Å². The molecule has 4 nitrogen and oxygen atoms in total. The highest BCUT2D eigenvalue weighted by Crippen LogP contribution is 2.41. The average Bonchev–Trinajstić information content (AvgIpc) is 2.78. The molecule has 2 rings (SSSR count). The monoisotopic (exact) mass is 628 g/mol. The van der Waals surface area contributed by atoms with Crippen LogP contribution in [0.5, 0.6) is 0 Å². The maximum Gasteiger partial charge on any atom is 0.417 e. The molecule has 0 heterocycles. The quantitative estimate of drug-likeness (QED) is 0.242. The predicted molar refractivity (Wildman–Crippen MR) is 127 cm³/mol. The molecule has 0 fully saturated rings. The Morgan fingerprint density at radius 2 is 1.49 bits per heavy atom. The summed E-state index contributed by atoms with van der Waals surface area (Å²) in [5.41, 5.74) is -3.40. The second-order valence-electron chi connectivity index (χ2n) is 8.01. The van der Waals surface area contributed by atoms with Crippen LogP contribution in [0.2, 0.25) is 15.1 Å². The first kappa shape index (κ1) is 32.6. The first-order valence-corrected chi connectivity index (χ1v) is 11.6. The van der Waals surface area contributed by atoms with E-state index in [4.69, 9.17) is 34.8 Å². The number of allylic oxidation sites excluding steroid dienone is 1. The maximum absolute atomic E-state index is 13.7. The summed E-state index contributed by atoms with van der Waals surface area (Å²) in [7, 11) is 0. The average molecular weight is 630 g/mol. The maximum atomic E-state index is 13.7. The third-order valence-corrected chi connectivity index (χ3v) is 6.19. The summed E-state index contributed by atoms with van der Waals surface area (Å²) in [6, 6.07) is 2.11. The molecule has 16 heteroatoms. The van der Waals surface area contributed by atoms with Crippen molar-refractivity contribution >= 4 is 52.7 Å². The summed E-state index contributed by atoms with van der Waals surface area (Å²) in [5, 5.41) is 2.57. The lowest BCUT2D eigenvalue weighted by molar-refractivity contribution is -0.139. The van der Waals surface area contributed by atoms with Crippen molar-refractivity contribution in [3.63, 3.8) is 0 Å². The van der Waals surface area contributed by atoms with Crippen molar-refractivity contribution in [3.8, 4) is 0 Å². The van der Waals surface area contributed by atoms with E-state index in [-0.39, 0.29) is 20.6 Å². The van der Waals surface area contributed by atoms with Crippen LogP contribution < -0.4 is 10.6 Å². The van der Waals surface area contributed by atoms with E-state index in [0.29, 0.717) is 18.2 Å². The van der Waals surface area contributed by atoms with Crippen LogP contribution in [-0.2, 0) is 11.0 Å². The summed E-state index contributed by atoms with van der Waals surface area (Å²) in [5.74, 6) is -5.11. The van der Waals surface area contributed by atoms with Crippen LogP contribution in [0.25, 0.3) is 6.08 Å². The predicted octanol–water partition coefficient (Wildman–Crippen LogP) is 7.82. The highest BCUT2D eigenvalue weighted by molar-refractivity contribution is 6.48. The fraction of sp³-hybridized carbons (Fsp3) is 0.304. The molecule has 2 unspecified atom stereocenters. The van der Waals surface area contributed by atoms with Gasteiger partial charge in [0.2, 0.25) is 5.91 Å². The SMILES string of the molecule is CC(NC(=O)c1ccc(C=CC(c2cc(Cl)c(Cl)c(Cl)c2)C(F)(F)F)cc1C(F)(F)F)C(=O)NCC(F)(F)F. The fourth-order valence-corrected chi connectivity index (χ4v) is 3.76. The van der Waals surface area contributed by atoms with Gasteiger partial charge in [-0.2, -0.15) is 39.5 Å². The van der Waals surface area contributed by atoms with Crippen molar-refractivity contribution in [2.24, 2.45) is 0 Å². The minimum atomic E-state index is -5.17. The number of hydrogen-bond acceptors (Lipinski definition) is 2. The summed E-state index contributed by atoms with van der Waals surface area (Å²) in [4.78, 5) is 24.1. The number of halogens is 12. The fourth-order valence-electron chi connectivity index (χ4n) is 3.15. The molecule has 2 aromatic rings. The Bertz CT molecular complexity index is 1240. The summed E-state index contributed by atoms with van der Waals surface area (Å²) in [6.45, 7) is -0.783. The molecular formula is C23H16Cl3F9N2O2. The lowest BCUT2D eigenvalue weighted by Crippen LogP contribution is -2.47. The van der Waals surface area contributed by atoms with E-state index < -0.39 is 65.5 Å². The molecular weight excluding hydrogens is 614 g/mol. The number of amides is 2. The molecule has 39 heavy (non-hydrogen) atoms. The highest BCUT2D eigenvalue weighted by Gasteiger charge is 2.40. The Labute approximate surface area is 230 Å². The van der Waals surface area contributed by atoms with E-state index in [1.165, 1.54) is 5.32 Å². The van der Waals surface area contributed by atoms with Gasteiger partial charge in [0.1, 0.15) is 12.6 Å². The van der Waals surface area contributed by atoms with Gasteiger partial charge in [0.15, 0.2) is 0 Å². The molecule has 2 atom stereocenters. The number of alkyl halides is 9. The van der Waals surface area contributed by atoms with E-state index in [2.05, 4.69) is 0 Å². The third-order valence-electron chi connectivity index (χ3n) is 5.00. The largest absolute Gasteiger partial charge is 0.417 e. The second kappa shape index (κ2) is 12.3. The van der Waals surface area contributed by atoms with E-state index in [0.717, 1.165) is 31.2 Å². The van der Waals surface area contributed by atoms with Crippen LogP contribution >= 0.6 is 34.8 Å². The van der Waals surface area contributed by atoms with Crippen LogP contribution in [-0.4, -0.2) is 36.8 Å². The van der Waals surface area contributed by atoms with Gasteiger partial charge in [0, 0.05) is 0 Å². The minimum absolute atomic E-state index is 0.192. The Kier molecular flexibility index (Phi) is 10.2. The van der Waals surface area contributed by atoms with E-state index in [1.807, 2.05) is 5.32 Å². The molecule has 2 N–H and O–H groups in total. The zero-order valence-electron chi connectivity index (χ0n) is 19.3. The van der Waals surface area contributed by atoms with Crippen molar-refractivity contribution < 1.29 is 49.1 Å². The lowest BCUT2D eigenvalue weighted by Gasteiger charge is -2.19. The molecule has 0 aliphatic carbocycles. The number of hydrogen-bond donors (Lipinski definition) is 2. The van der Waals surface area contributed by atoms with Crippen LogP contribution in [0.15, 0.2) is 36.4 Å². The van der Waals surface area contributed by atoms with Crippen LogP contribution in [0.3, 0.4) is 0 Å². The summed E-state index contributed by atoms with van der Waals surface area (Å²) < 4.78 is 119. The molecule has 2 amide bonds. The number of nitrogens with one attached hydrogen (secondary N) is 2. The summed E-state index contributed by atoms with van der Waals surface area (Å²) in [6.07, 6.45) is -13.5. The Hall–Kier alpha value is -2.64. The van der Waals surface area contributed by atoms with Gasteiger partial charge in [0.05, 0.1) is 32.1 Å². The Balaban J connectivity index is 2.37. The standard InChI is InChI=1S/C23H16Cl3F9N2O2/c1-10(19(38)36-9-21(27,28)29)37-20(39)13-4-2-11(6-15(13)23(33,34)35)3-5-14(22(30,31)32)12-7-16(24)18(26)17(25)8-12/h2-8,10,14H,9H2,1H3,(H,36,38)(H,37,39). The lowest BCUT2D eigenvalue weighted by atomic mass is 9.96. The van der Waals surface area contributed by atoms with Gasteiger partial charge in [-0.1, -0.05) is 53.0 Å². The van der Waals surface area contributed by atoms with Gasteiger partial charge < -0.3 is 10.6 Å². The summed E-state index contributed by atoms with van der Waals surface area (Å²) >= 11 is 17.3. The third kappa shape index (κ3) is 9.21. The van der Waals surface area contributed by atoms with Crippen molar-refractivity contribution in [1.29, 1.82) is 0 Å². The molecule has 0 aliphatic rings. The van der Waals surface area contributed by atoms with Gasteiger partial charge in [-0.3, -0.25) is 9.59 Å². The molecule has 0 aromatic heterocycles. The smallest absolute Gasteiger partial charge is 0.345 e. The van der Waals surface area contributed by atoms with Crippen molar-refractivity contribution in [3.05, 3.63) is 73.7 Å². The van der Waals surface area contributed by atoms with E-state index in [9.17, 15) is 49.1 Å². The van der Waals surface area contributed by atoms with Gasteiger partial charge >= 0.3 is 18.5 Å². The molecule has 0 radical (unpaired) electrons. The highest BCUT2D eigenvalue weighted by atomic mass is 35.5. The van der Waals surface area contributed by atoms with Crippen LogP contribution in [0.4, 0.5) is 39.5 Å². The number of carbonyl (C=O) groups is 2. The van der Waals surface area contributed by atoms with E-state index >= 15 is 0 Å². The Morgan fingerprint density at radius 1 is 0.923 bits per heavy atom. The van der Waals surface area contributed by atoms with Gasteiger partial charge in [-0.15, -0.1) is 0 Å². The molecule has 0 spiro atoms. The second-order valence-corrected chi connectivity index (χ2v) is 9.20. The van der Waals surface area contributed by atoms with Crippen LogP contribution in [0.1, 0.15) is 39.9 Å². The Morgan fingerprint density at radius 3 is 1.97 bits per heavy atom. The first-order chi connectivity index (χ1) is 17.7. The van der Waals surface area contributed by atoms with Gasteiger partial charge in [-0.25, -0.2) is 0 Å². The molecule has 214 valence electrons. The van der Waals surface area contributed by atoms with E-state index in [1.54, 1.807) is 0 Å². The molecule has 0 aliphatic heterocycles. The van der Waals surface area contributed by atoms with Crippen molar-refractivity contribution in [2.75, 3.05) is 6.54 Å². The normalized spacial score (nSPS) is 14.3. The minimum Gasteiger partial charge on any atom is -0.345 e. The zero-order chi connectivity index (χ0) is 29.9. The zero-order valence-corrected chi connectivity index (χ0v) is 21.5. The number of carbonyl (C=O) groups excluding carboxylic acids is 2. The molecule has 0 saturated carbocycles. The first-order valence-electron chi connectivity index (χ1n) is 10.5. The van der Waals surface area contributed by atoms with Crippen molar-refractivity contribution in [2.45, 2.75) is 37.4 Å². The molecule has 0 saturated heterocycles.